The van der Waals surface area contributed by atoms with Gasteiger partial charge in [-0.2, -0.15) is 0 Å². The molecule has 1 unspecified atom stereocenters. The molecule has 2 nitrogen and oxygen atoms in total. The van der Waals surface area contributed by atoms with Crippen LogP contribution in [0.2, 0.25) is 5.02 Å². The molecule has 2 rings (SSSR count). The molecule has 2 aromatic rings. The lowest BCUT2D eigenvalue weighted by molar-refractivity contribution is 0.467. The molecule has 0 spiro atoms. The SMILES string of the molecule is CCC(C)c1ccccc1Oc1cc(F)c(Cl)cc1N. The number of benzene rings is 2. The highest BCUT2D eigenvalue weighted by Crippen LogP contribution is 2.36. The zero-order valence-corrected chi connectivity index (χ0v) is 12.2. The molecule has 106 valence electrons. The monoisotopic (exact) mass is 293 g/mol. The van der Waals surface area contributed by atoms with Crippen molar-refractivity contribution in [3.63, 3.8) is 0 Å². The molecular formula is C16H17ClFNO. The number of nitrogen functional groups attached to an aromatic ring is 1. The van der Waals surface area contributed by atoms with Crippen LogP contribution >= 0.6 is 11.6 Å². The van der Waals surface area contributed by atoms with E-state index in [1.165, 1.54) is 12.1 Å². The van der Waals surface area contributed by atoms with Gasteiger partial charge in [0.2, 0.25) is 0 Å². The van der Waals surface area contributed by atoms with Gasteiger partial charge in [-0.25, -0.2) is 4.39 Å². The van der Waals surface area contributed by atoms with E-state index in [1.54, 1.807) is 0 Å². The predicted molar refractivity (Wildman–Crippen MR) is 81.0 cm³/mol. The quantitative estimate of drug-likeness (QED) is 0.769. The van der Waals surface area contributed by atoms with Crippen molar-refractivity contribution in [1.29, 1.82) is 0 Å². The van der Waals surface area contributed by atoms with Gasteiger partial charge in [0, 0.05) is 6.07 Å². The minimum absolute atomic E-state index is 0.00920. The fraction of sp³-hybridized carbons (Fsp3) is 0.250. The summed E-state index contributed by atoms with van der Waals surface area (Å²) < 4.78 is 19.3. The molecule has 2 aromatic carbocycles. The molecule has 0 saturated heterocycles. The third-order valence-corrected chi connectivity index (χ3v) is 3.62. The summed E-state index contributed by atoms with van der Waals surface area (Å²) in [5, 5.41) is -0.00920. The average Bonchev–Trinajstić information content (AvgIpc) is 2.44. The van der Waals surface area contributed by atoms with E-state index in [9.17, 15) is 4.39 Å². The number of rotatable bonds is 4. The van der Waals surface area contributed by atoms with Crippen molar-refractivity contribution in [1.82, 2.24) is 0 Å². The Balaban J connectivity index is 2.38. The summed E-state index contributed by atoms with van der Waals surface area (Å²) in [7, 11) is 0. The summed E-state index contributed by atoms with van der Waals surface area (Å²) in [6.45, 7) is 4.23. The second-order valence-electron chi connectivity index (χ2n) is 4.75. The van der Waals surface area contributed by atoms with Gasteiger partial charge in [0.25, 0.3) is 0 Å². The van der Waals surface area contributed by atoms with E-state index in [-0.39, 0.29) is 10.8 Å². The third-order valence-electron chi connectivity index (χ3n) is 3.33. The molecule has 0 aliphatic carbocycles. The van der Waals surface area contributed by atoms with Gasteiger partial charge in [0.05, 0.1) is 10.7 Å². The molecule has 0 bridgehead atoms. The number of nitrogens with two attached hydrogens (primary N) is 1. The average molecular weight is 294 g/mol. The summed E-state index contributed by atoms with van der Waals surface area (Å²) in [5.74, 6) is 0.777. The first-order valence-electron chi connectivity index (χ1n) is 6.54. The maximum absolute atomic E-state index is 13.5. The van der Waals surface area contributed by atoms with E-state index in [2.05, 4.69) is 13.8 Å². The molecule has 0 aromatic heterocycles. The standard InChI is InChI=1S/C16H17ClFNO/c1-3-10(2)11-6-4-5-7-15(11)20-16-9-13(18)12(17)8-14(16)19/h4-10H,3,19H2,1-2H3. The lowest BCUT2D eigenvalue weighted by Crippen LogP contribution is -1.98. The number of para-hydroxylation sites is 1. The summed E-state index contributed by atoms with van der Waals surface area (Å²) in [6, 6.07) is 10.3. The molecule has 0 saturated carbocycles. The Morgan fingerprint density at radius 1 is 1.25 bits per heavy atom. The maximum atomic E-state index is 13.5. The lowest BCUT2D eigenvalue weighted by atomic mass is 9.98. The first kappa shape index (κ1) is 14.7. The highest BCUT2D eigenvalue weighted by atomic mass is 35.5. The topological polar surface area (TPSA) is 35.2 Å². The van der Waals surface area contributed by atoms with E-state index in [0.29, 0.717) is 17.4 Å². The first-order valence-corrected chi connectivity index (χ1v) is 6.92. The smallest absolute Gasteiger partial charge is 0.153 e. The van der Waals surface area contributed by atoms with Crippen LogP contribution in [0.3, 0.4) is 0 Å². The largest absolute Gasteiger partial charge is 0.455 e. The Bertz CT molecular complexity index is 615. The highest BCUT2D eigenvalue weighted by molar-refractivity contribution is 6.31. The van der Waals surface area contributed by atoms with Gasteiger partial charge in [-0.1, -0.05) is 43.6 Å². The van der Waals surface area contributed by atoms with E-state index >= 15 is 0 Å². The minimum atomic E-state index is -0.545. The van der Waals surface area contributed by atoms with Crippen molar-refractivity contribution in [2.24, 2.45) is 0 Å². The number of hydrogen-bond donors (Lipinski definition) is 1. The molecule has 0 fully saturated rings. The van der Waals surface area contributed by atoms with Crippen LogP contribution in [-0.4, -0.2) is 0 Å². The normalized spacial score (nSPS) is 12.2. The highest BCUT2D eigenvalue weighted by Gasteiger charge is 2.13. The second kappa shape index (κ2) is 6.14. The van der Waals surface area contributed by atoms with Crippen LogP contribution in [0.1, 0.15) is 31.7 Å². The second-order valence-corrected chi connectivity index (χ2v) is 5.16. The first-order chi connectivity index (χ1) is 9.52. The predicted octanol–water partition coefficient (Wildman–Crippen LogP) is 5.37. The summed E-state index contributed by atoms with van der Waals surface area (Å²) in [6.07, 6.45) is 0.991. The van der Waals surface area contributed by atoms with Crippen LogP contribution in [-0.2, 0) is 0 Å². The van der Waals surface area contributed by atoms with Crippen LogP contribution in [0, 0.1) is 5.82 Å². The Kier molecular flexibility index (Phi) is 4.50. The third kappa shape index (κ3) is 3.05. The molecular weight excluding hydrogens is 277 g/mol. The molecule has 0 amide bonds. The van der Waals surface area contributed by atoms with Gasteiger partial charge >= 0.3 is 0 Å². The number of anilines is 1. The van der Waals surface area contributed by atoms with E-state index < -0.39 is 5.82 Å². The van der Waals surface area contributed by atoms with E-state index in [1.807, 2.05) is 24.3 Å². The minimum Gasteiger partial charge on any atom is -0.455 e. The Morgan fingerprint density at radius 2 is 1.95 bits per heavy atom. The Morgan fingerprint density at radius 3 is 2.65 bits per heavy atom. The Labute approximate surface area is 123 Å². The lowest BCUT2D eigenvalue weighted by Gasteiger charge is -2.16. The fourth-order valence-electron chi connectivity index (χ4n) is 1.95. The molecule has 20 heavy (non-hydrogen) atoms. The van der Waals surface area contributed by atoms with Crippen molar-refractivity contribution in [3.8, 4) is 11.5 Å². The van der Waals surface area contributed by atoms with Gasteiger partial charge in [0.15, 0.2) is 5.75 Å². The number of hydrogen-bond acceptors (Lipinski definition) is 2. The van der Waals surface area contributed by atoms with Gasteiger partial charge in [-0.15, -0.1) is 0 Å². The molecule has 1 atom stereocenters. The summed E-state index contributed by atoms with van der Waals surface area (Å²) in [5.41, 5.74) is 7.21. The van der Waals surface area contributed by atoms with Crippen molar-refractivity contribution >= 4 is 17.3 Å². The number of halogens is 2. The molecule has 0 aliphatic rings. The van der Waals surface area contributed by atoms with Gasteiger partial charge < -0.3 is 10.5 Å². The summed E-state index contributed by atoms with van der Waals surface area (Å²) in [4.78, 5) is 0. The van der Waals surface area contributed by atoms with Crippen molar-refractivity contribution in [2.75, 3.05) is 5.73 Å². The molecule has 0 aliphatic heterocycles. The molecule has 4 heteroatoms. The number of ether oxygens (including phenoxy) is 1. The van der Waals surface area contributed by atoms with E-state index in [4.69, 9.17) is 22.1 Å². The van der Waals surface area contributed by atoms with Crippen LogP contribution in [0.25, 0.3) is 0 Å². The zero-order chi connectivity index (χ0) is 14.7. The van der Waals surface area contributed by atoms with Crippen LogP contribution < -0.4 is 10.5 Å². The zero-order valence-electron chi connectivity index (χ0n) is 11.5. The van der Waals surface area contributed by atoms with Gasteiger partial charge in [0.1, 0.15) is 11.6 Å². The van der Waals surface area contributed by atoms with E-state index in [0.717, 1.165) is 12.0 Å². The summed E-state index contributed by atoms with van der Waals surface area (Å²) >= 11 is 5.68. The van der Waals surface area contributed by atoms with Crippen LogP contribution in [0.15, 0.2) is 36.4 Å². The molecule has 0 heterocycles. The van der Waals surface area contributed by atoms with Crippen molar-refractivity contribution in [2.45, 2.75) is 26.2 Å². The maximum Gasteiger partial charge on any atom is 0.153 e. The van der Waals surface area contributed by atoms with Crippen LogP contribution in [0.4, 0.5) is 10.1 Å². The molecule has 2 N–H and O–H groups in total. The molecule has 0 radical (unpaired) electrons. The fourth-order valence-corrected chi connectivity index (χ4v) is 2.12. The van der Waals surface area contributed by atoms with Gasteiger partial charge in [-0.3, -0.25) is 0 Å². The van der Waals surface area contributed by atoms with Gasteiger partial charge in [-0.05, 0) is 30.0 Å². The van der Waals surface area contributed by atoms with Crippen molar-refractivity contribution in [3.05, 3.63) is 52.8 Å². The van der Waals surface area contributed by atoms with Crippen LogP contribution in [0.5, 0.6) is 11.5 Å². The Hall–Kier alpha value is -1.74. The van der Waals surface area contributed by atoms with Crippen molar-refractivity contribution < 1.29 is 9.13 Å².